The minimum atomic E-state index is -0.634. The molecule has 30 heavy (non-hydrogen) atoms. The number of ether oxygens (including phenoxy) is 2. The molecule has 1 N–H and O–H groups in total. The molecule has 1 amide bonds. The lowest BCUT2D eigenvalue weighted by atomic mass is 10.1. The molecular weight excluding hydrogens is 410 g/mol. The van der Waals surface area contributed by atoms with Crippen molar-refractivity contribution in [3.63, 3.8) is 0 Å². The number of nitrogens with zero attached hydrogens (tertiary/aromatic N) is 2. The van der Waals surface area contributed by atoms with Gasteiger partial charge < -0.3 is 19.9 Å². The quantitative estimate of drug-likeness (QED) is 0.310. The molecule has 3 rings (SSSR count). The van der Waals surface area contributed by atoms with E-state index in [9.17, 15) is 20.0 Å². The number of carbonyl (C=O) groups is 1. The molecule has 0 aromatic heterocycles. The highest BCUT2D eigenvalue weighted by Gasteiger charge is 2.32. The molecule has 2 aromatic rings. The molecule has 2 aromatic carbocycles. The molecule has 1 aliphatic rings. The molecule has 1 saturated heterocycles. The molecule has 1 fully saturated rings. The first-order chi connectivity index (χ1) is 14.3. The van der Waals surface area contributed by atoms with Gasteiger partial charge in [0.25, 0.3) is 11.6 Å². The van der Waals surface area contributed by atoms with Gasteiger partial charge in [0.2, 0.25) is 0 Å². The van der Waals surface area contributed by atoms with Gasteiger partial charge in [-0.15, -0.1) is 0 Å². The number of anilines is 1. The highest BCUT2D eigenvalue weighted by atomic mass is 32.1. The Balaban J connectivity index is 1.96. The first kappa shape index (κ1) is 21.1. The Hall–Kier alpha value is -3.66. The molecule has 10 heteroatoms. The number of rotatable bonds is 7. The Morgan fingerprint density at radius 1 is 1.17 bits per heavy atom. The number of nitro groups is 1. The van der Waals surface area contributed by atoms with Crippen LogP contribution >= 0.6 is 12.2 Å². The van der Waals surface area contributed by atoms with E-state index in [2.05, 4.69) is 5.32 Å². The van der Waals surface area contributed by atoms with Gasteiger partial charge in [-0.2, -0.15) is 0 Å². The number of nitro benzene ring substituents is 1. The fourth-order valence-electron chi connectivity index (χ4n) is 2.87. The number of amides is 1. The third-order valence-corrected chi connectivity index (χ3v) is 4.45. The minimum Gasteiger partial charge on any atom is -0.870 e. The van der Waals surface area contributed by atoms with E-state index in [1.807, 2.05) is 6.92 Å². The maximum absolute atomic E-state index is 12.9. The second kappa shape index (κ2) is 8.78. The maximum atomic E-state index is 12.9. The van der Waals surface area contributed by atoms with Crippen molar-refractivity contribution in [3.05, 3.63) is 57.8 Å². The molecular formula is C20H18N3O6S-. The molecule has 9 nitrogen and oxygen atoms in total. The molecule has 0 radical (unpaired) electrons. The first-order valence-corrected chi connectivity index (χ1v) is 9.48. The normalized spacial score (nSPS) is 14.7. The van der Waals surface area contributed by atoms with Gasteiger partial charge in [0.15, 0.2) is 5.11 Å². The fraction of sp³-hybridized carbons (Fsp3) is 0.200. The van der Waals surface area contributed by atoms with Gasteiger partial charge in [-0.1, -0.05) is 5.75 Å². The van der Waals surface area contributed by atoms with Gasteiger partial charge in [-0.05, 0) is 62.0 Å². The average Bonchev–Trinajstić information content (AvgIpc) is 2.99. The van der Waals surface area contributed by atoms with Crippen LogP contribution in [-0.2, 0) is 4.79 Å². The van der Waals surface area contributed by atoms with Crippen LogP contribution in [0.25, 0.3) is 6.08 Å². The van der Waals surface area contributed by atoms with E-state index in [1.54, 1.807) is 31.2 Å². The highest BCUT2D eigenvalue weighted by Crippen LogP contribution is 2.34. The molecule has 0 spiro atoms. The monoisotopic (exact) mass is 428 g/mol. The lowest BCUT2D eigenvalue weighted by molar-refractivity contribution is -0.385. The second-order valence-electron chi connectivity index (χ2n) is 6.11. The summed E-state index contributed by atoms with van der Waals surface area (Å²) in [6, 6.07) is 8.94. The molecule has 1 heterocycles. The van der Waals surface area contributed by atoms with Crippen LogP contribution in [-0.4, -0.2) is 29.2 Å². The van der Waals surface area contributed by atoms with E-state index in [-0.39, 0.29) is 34.4 Å². The van der Waals surface area contributed by atoms with Crippen molar-refractivity contribution in [3.8, 4) is 17.2 Å². The van der Waals surface area contributed by atoms with Crippen molar-refractivity contribution in [2.75, 3.05) is 18.1 Å². The molecule has 0 atom stereocenters. The first-order valence-electron chi connectivity index (χ1n) is 9.08. The van der Waals surface area contributed by atoms with Gasteiger partial charge in [-0.3, -0.25) is 19.8 Å². The van der Waals surface area contributed by atoms with Gasteiger partial charge in [0, 0.05) is 6.07 Å². The summed E-state index contributed by atoms with van der Waals surface area (Å²) in [6.45, 7) is 4.20. The number of nitrogens with one attached hydrogen (secondary N) is 1. The summed E-state index contributed by atoms with van der Waals surface area (Å²) in [4.78, 5) is 24.7. The lowest BCUT2D eigenvalue weighted by Gasteiger charge is -2.17. The number of non-ortho nitro benzene ring substituents is 1. The van der Waals surface area contributed by atoms with Crippen LogP contribution in [0.2, 0.25) is 0 Å². The minimum absolute atomic E-state index is 0.0222. The Bertz CT molecular complexity index is 1040. The van der Waals surface area contributed by atoms with Gasteiger partial charge >= 0.3 is 0 Å². The van der Waals surface area contributed by atoms with Crippen molar-refractivity contribution in [1.82, 2.24) is 5.32 Å². The van der Waals surface area contributed by atoms with Crippen molar-refractivity contribution < 1.29 is 24.3 Å². The zero-order valence-corrected chi connectivity index (χ0v) is 17.0. The second-order valence-corrected chi connectivity index (χ2v) is 6.49. The molecule has 0 saturated carbocycles. The number of carbonyl (C=O) groups excluding carboxylic acids is 1. The standard InChI is InChI=1S/C20H19N3O6S/c1-3-28-15-7-5-13(6-8-15)22-19(25)16(21-20(22)30)10-12-9-14(23(26)27)11-17(18(12)24)29-4-2/h5-11,24H,3-4H2,1-2H3,(H,21,30)/p-1/b16-10-. The van der Waals surface area contributed by atoms with Crippen molar-refractivity contribution in [2.45, 2.75) is 13.8 Å². The topological polar surface area (TPSA) is 117 Å². The molecule has 0 bridgehead atoms. The van der Waals surface area contributed by atoms with Gasteiger partial charge in [-0.25, -0.2) is 0 Å². The van der Waals surface area contributed by atoms with Crippen LogP contribution in [0, 0.1) is 10.1 Å². The zero-order chi connectivity index (χ0) is 21.8. The number of benzene rings is 2. The highest BCUT2D eigenvalue weighted by molar-refractivity contribution is 7.80. The molecule has 156 valence electrons. The van der Waals surface area contributed by atoms with Crippen LogP contribution < -0.4 is 24.8 Å². The van der Waals surface area contributed by atoms with E-state index in [4.69, 9.17) is 21.7 Å². The van der Waals surface area contributed by atoms with Crippen LogP contribution in [0.1, 0.15) is 19.4 Å². The summed E-state index contributed by atoms with van der Waals surface area (Å²) in [5.41, 5.74) is 0.163. The van der Waals surface area contributed by atoms with Crippen molar-refractivity contribution in [2.24, 2.45) is 0 Å². The van der Waals surface area contributed by atoms with Crippen molar-refractivity contribution >= 4 is 40.7 Å². The maximum Gasteiger partial charge on any atom is 0.281 e. The van der Waals surface area contributed by atoms with Crippen LogP contribution in [0.15, 0.2) is 42.1 Å². The SMILES string of the molecule is CCOc1ccc(N2C(=O)/C(=C/c3cc([N+](=O)[O-])cc(OCC)c3[O-])NC2=S)cc1. The van der Waals surface area contributed by atoms with E-state index in [0.717, 1.165) is 12.1 Å². The van der Waals surface area contributed by atoms with E-state index in [1.165, 1.54) is 11.0 Å². The Morgan fingerprint density at radius 3 is 2.43 bits per heavy atom. The Kier molecular flexibility index (Phi) is 6.17. The summed E-state index contributed by atoms with van der Waals surface area (Å²) in [6.07, 6.45) is 1.24. The van der Waals surface area contributed by atoms with Crippen LogP contribution in [0.5, 0.6) is 17.2 Å². The van der Waals surface area contributed by atoms with E-state index >= 15 is 0 Å². The zero-order valence-electron chi connectivity index (χ0n) is 16.2. The summed E-state index contributed by atoms with van der Waals surface area (Å²) in [7, 11) is 0. The van der Waals surface area contributed by atoms with E-state index in [0.29, 0.717) is 18.0 Å². The summed E-state index contributed by atoms with van der Waals surface area (Å²) < 4.78 is 10.6. The smallest absolute Gasteiger partial charge is 0.281 e. The lowest BCUT2D eigenvalue weighted by Crippen LogP contribution is -2.30. The van der Waals surface area contributed by atoms with Crippen LogP contribution in [0.4, 0.5) is 11.4 Å². The summed E-state index contributed by atoms with van der Waals surface area (Å²) in [5, 5.41) is 26.6. The largest absolute Gasteiger partial charge is 0.870 e. The molecule has 0 aliphatic carbocycles. The Morgan fingerprint density at radius 2 is 1.83 bits per heavy atom. The fourth-order valence-corrected chi connectivity index (χ4v) is 3.17. The van der Waals surface area contributed by atoms with E-state index < -0.39 is 16.6 Å². The number of hydrogen-bond acceptors (Lipinski definition) is 7. The number of thiocarbonyl (C=S) groups is 1. The van der Waals surface area contributed by atoms with Crippen molar-refractivity contribution in [1.29, 1.82) is 0 Å². The van der Waals surface area contributed by atoms with Crippen LogP contribution in [0.3, 0.4) is 0 Å². The molecule has 1 aliphatic heterocycles. The predicted octanol–water partition coefficient (Wildman–Crippen LogP) is 2.73. The number of hydrogen-bond donors (Lipinski definition) is 1. The predicted molar refractivity (Wildman–Crippen MR) is 113 cm³/mol. The third kappa shape index (κ3) is 4.18. The summed E-state index contributed by atoms with van der Waals surface area (Å²) >= 11 is 5.26. The molecule has 0 unspecified atom stereocenters. The Labute approximate surface area is 177 Å². The van der Waals surface area contributed by atoms with Gasteiger partial charge in [0.1, 0.15) is 17.2 Å². The third-order valence-electron chi connectivity index (χ3n) is 4.16. The average molecular weight is 428 g/mol. The van der Waals surface area contributed by atoms with Gasteiger partial charge in [0.05, 0.1) is 29.9 Å². The summed E-state index contributed by atoms with van der Waals surface area (Å²) in [5.74, 6) is -0.559.